The summed E-state index contributed by atoms with van der Waals surface area (Å²) in [5.41, 5.74) is 0.883. The maximum absolute atomic E-state index is 13.7. The molecule has 130 valence electrons. The quantitative estimate of drug-likeness (QED) is 0.415. The number of ether oxygens (including phenoxy) is 1. The van der Waals surface area contributed by atoms with E-state index in [9.17, 15) is 4.39 Å². The van der Waals surface area contributed by atoms with Gasteiger partial charge in [0.25, 0.3) is 0 Å². The molecule has 0 amide bonds. The van der Waals surface area contributed by atoms with Gasteiger partial charge in [0.2, 0.25) is 0 Å². The number of rotatable bonds is 3. The number of halogens is 2. The van der Waals surface area contributed by atoms with Gasteiger partial charge in [0.05, 0.1) is 6.54 Å². The Labute approximate surface area is 155 Å². The van der Waals surface area contributed by atoms with E-state index in [2.05, 4.69) is 0 Å². The second-order valence-electron chi connectivity index (χ2n) is 6.31. The summed E-state index contributed by atoms with van der Waals surface area (Å²) >= 11 is 0. The molecule has 0 unspecified atom stereocenters. The maximum atomic E-state index is 13.7. The molecule has 1 saturated heterocycles. The van der Waals surface area contributed by atoms with Gasteiger partial charge < -0.3 is 14.5 Å². The van der Waals surface area contributed by atoms with Crippen LogP contribution in [0.2, 0.25) is 0 Å². The molecule has 0 aromatic heterocycles. The van der Waals surface area contributed by atoms with Crippen molar-refractivity contribution < 1.29 is 9.13 Å². The second-order valence-corrected chi connectivity index (χ2v) is 6.31. The van der Waals surface area contributed by atoms with Crippen LogP contribution in [0.15, 0.2) is 29.3 Å². The van der Waals surface area contributed by atoms with E-state index in [1.54, 1.807) is 12.1 Å². The fourth-order valence-corrected chi connectivity index (χ4v) is 3.02. The second kappa shape index (κ2) is 8.82. The average Bonchev–Trinajstić information content (AvgIpc) is 2.47. The molecule has 0 atom stereocenters. The summed E-state index contributed by atoms with van der Waals surface area (Å²) in [5.74, 6) is 0.732. The van der Waals surface area contributed by atoms with Crippen LogP contribution in [0, 0.1) is 5.82 Å². The van der Waals surface area contributed by atoms with Gasteiger partial charge in [-0.15, -0.1) is 24.0 Å². The number of aliphatic imine (C=N–C) groups is 1. The topological polar surface area (TPSA) is 28.1 Å². The minimum Gasteiger partial charge on any atom is -0.381 e. The Balaban J connectivity index is 0.00000264. The van der Waals surface area contributed by atoms with Gasteiger partial charge in [-0.25, -0.2) is 4.39 Å². The maximum Gasteiger partial charge on any atom is 0.195 e. The Morgan fingerprint density at radius 1 is 1.17 bits per heavy atom. The Kier molecular flexibility index (Phi) is 7.73. The van der Waals surface area contributed by atoms with Crippen LogP contribution in [-0.4, -0.2) is 63.7 Å². The highest BCUT2D eigenvalue weighted by Gasteiger charge is 2.35. The number of nitrogens with zero attached hydrogens (tertiary/aromatic N) is 3. The summed E-state index contributed by atoms with van der Waals surface area (Å²) < 4.78 is 19.2. The van der Waals surface area contributed by atoms with E-state index in [1.807, 2.05) is 44.1 Å². The van der Waals surface area contributed by atoms with E-state index < -0.39 is 0 Å². The van der Waals surface area contributed by atoms with Crippen LogP contribution >= 0.6 is 24.0 Å². The highest BCUT2D eigenvalue weighted by Crippen LogP contribution is 2.35. The van der Waals surface area contributed by atoms with Gasteiger partial charge in [0.15, 0.2) is 5.96 Å². The molecule has 0 N–H and O–H groups in total. The Bertz CT molecular complexity index is 518. The van der Waals surface area contributed by atoms with Crippen LogP contribution in [-0.2, 0) is 10.2 Å². The summed E-state index contributed by atoms with van der Waals surface area (Å²) in [6.07, 6.45) is 1.74. The van der Waals surface area contributed by atoms with Crippen molar-refractivity contribution in [3.63, 3.8) is 0 Å². The van der Waals surface area contributed by atoms with E-state index in [1.165, 1.54) is 6.07 Å². The predicted molar refractivity (Wildman–Crippen MR) is 103 cm³/mol. The Hall–Kier alpha value is -0.890. The van der Waals surface area contributed by atoms with Gasteiger partial charge in [0, 0.05) is 46.8 Å². The molecular weight excluding hydrogens is 408 g/mol. The average molecular weight is 435 g/mol. The first-order valence-corrected chi connectivity index (χ1v) is 7.67. The number of hydrogen-bond donors (Lipinski definition) is 0. The Morgan fingerprint density at radius 3 is 2.30 bits per heavy atom. The van der Waals surface area contributed by atoms with Crippen molar-refractivity contribution in [1.29, 1.82) is 0 Å². The molecule has 1 aromatic rings. The first kappa shape index (κ1) is 20.2. The van der Waals surface area contributed by atoms with Crippen molar-refractivity contribution in [3.8, 4) is 0 Å². The lowest BCUT2D eigenvalue weighted by molar-refractivity contribution is 0.0529. The zero-order valence-corrected chi connectivity index (χ0v) is 16.7. The first-order chi connectivity index (χ1) is 10.4. The standard InChI is InChI=1S/C17H26FN3O.HI/c1-20(2)16(21(3)4)19-13-17(8-10-22-11-9-17)14-6-5-7-15(18)12-14;/h5-7,12H,8-11,13H2,1-4H3;1H. The lowest BCUT2D eigenvalue weighted by atomic mass is 9.74. The van der Waals surface area contributed by atoms with Crippen LogP contribution in [0.5, 0.6) is 0 Å². The molecule has 1 aromatic carbocycles. The van der Waals surface area contributed by atoms with Crippen molar-refractivity contribution in [1.82, 2.24) is 9.80 Å². The number of guanidine groups is 1. The molecule has 2 rings (SSSR count). The van der Waals surface area contributed by atoms with Gasteiger partial charge in [-0.2, -0.15) is 0 Å². The molecule has 1 aliphatic rings. The molecule has 1 heterocycles. The molecule has 6 heteroatoms. The summed E-state index contributed by atoms with van der Waals surface area (Å²) in [5, 5.41) is 0. The minimum absolute atomic E-state index is 0. The predicted octanol–water partition coefficient (Wildman–Crippen LogP) is 2.97. The summed E-state index contributed by atoms with van der Waals surface area (Å²) in [7, 11) is 7.94. The molecule has 0 spiro atoms. The Morgan fingerprint density at radius 2 is 1.78 bits per heavy atom. The van der Waals surface area contributed by atoms with Crippen LogP contribution < -0.4 is 0 Å². The van der Waals surface area contributed by atoms with Gasteiger partial charge in [-0.3, -0.25) is 4.99 Å². The molecule has 4 nitrogen and oxygen atoms in total. The molecular formula is C17H27FIN3O. The zero-order valence-electron chi connectivity index (χ0n) is 14.4. The lowest BCUT2D eigenvalue weighted by Gasteiger charge is -2.37. The molecule has 0 radical (unpaired) electrons. The minimum atomic E-state index is -0.187. The molecule has 1 aliphatic heterocycles. The van der Waals surface area contributed by atoms with E-state index >= 15 is 0 Å². The third-order valence-electron chi connectivity index (χ3n) is 4.21. The first-order valence-electron chi connectivity index (χ1n) is 7.67. The largest absolute Gasteiger partial charge is 0.381 e. The highest BCUT2D eigenvalue weighted by atomic mass is 127. The van der Waals surface area contributed by atoms with Gasteiger partial charge in [0.1, 0.15) is 5.82 Å². The van der Waals surface area contributed by atoms with Crippen LogP contribution in [0.1, 0.15) is 18.4 Å². The van der Waals surface area contributed by atoms with Crippen molar-refractivity contribution >= 4 is 29.9 Å². The van der Waals surface area contributed by atoms with Gasteiger partial charge >= 0.3 is 0 Å². The monoisotopic (exact) mass is 435 g/mol. The van der Waals surface area contributed by atoms with E-state index in [0.29, 0.717) is 19.8 Å². The van der Waals surface area contributed by atoms with Crippen LogP contribution in [0.3, 0.4) is 0 Å². The fraction of sp³-hybridized carbons (Fsp3) is 0.588. The van der Waals surface area contributed by atoms with Gasteiger partial charge in [-0.1, -0.05) is 12.1 Å². The normalized spacial score (nSPS) is 16.2. The van der Waals surface area contributed by atoms with Crippen LogP contribution in [0.4, 0.5) is 4.39 Å². The molecule has 0 aliphatic carbocycles. The van der Waals surface area contributed by atoms with Crippen molar-refractivity contribution in [2.45, 2.75) is 18.3 Å². The summed E-state index contributed by atoms with van der Waals surface area (Å²) in [6.45, 7) is 2.04. The lowest BCUT2D eigenvalue weighted by Crippen LogP contribution is -2.40. The van der Waals surface area contributed by atoms with E-state index in [0.717, 1.165) is 24.4 Å². The van der Waals surface area contributed by atoms with E-state index in [-0.39, 0.29) is 35.2 Å². The highest BCUT2D eigenvalue weighted by molar-refractivity contribution is 14.0. The summed E-state index contributed by atoms with van der Waals surface area (Å²) in [4.78, 5) is 8.81. The van der Waals surface area contributed by atoms with Crippen molar-refractivity contribution in [3.05, 3.63) is 35.6 Å². The molecule has 1 fully saturated rings. The smallest absolute Gasteiger partial charge is 0.195 e. The zero-order chi connectivity index (χ0) is 16.2. The van der Waals surface area contributed by atoms with Gasteiger partial charge in [-0.05, 0) is 30.5 Å². The molecule has 23 heavy (non-hydrogen) atoms. The third-order valence-corrected chi connectivity index (χ3v) is 4.21. The van der Waals surface area contributed by atoms with E-state index in [4.69, 9.17) is 9.73 Å². The molecule has 0 bridgehead atoms. The number of benzene rings is 1. The van der Waals surface area contributed by atoms with Crippen LogP contribution in [0.25, 0.3) is 0 Å². The molecule has 0 saturated carbocycles. The van der Waals surface area contributed by atoms with Crippen molar-refractivity contribution in [2.75, 3.05) is 47.9 Å². The number of hydrogen-bond acceptors (Lipinski definition) is 2. The summed E-state index contributed by atoms with van der Waals surface area (Å²) in [6, 6.07) is 6.93. The third kappa shape index (κ3) is 5.04. The fourth-order valence-electron chi connectivity index (χ4n) is 3.02. The SMILES string of the molecule is CN(C)C(=NCC1(c2cccc(F)c2)CCOCC1)N(C)C.I. The van der Waals surface area contributed by atoms with Crippen molar-refractivity contribution in [2.24, 2.45) is 4.99 Å².